The van der Waals surface area contributed by atoms with E-state index in [9.17, 15) is 5.11 Å². The van der Waals surface area contributed by atoms with Crippen LogP contribution in [-0.4, -0.2) is 27.9 Å². The van der Waals surface area contributed by atoms with Crippen molar-refractivity contribution in [1.29, 1.82) is 0 Å². The highest BCUT2D eigenvalue weighted by atomic mass is 16.5. The van der Waals surface area contributed by atoms with Gasteiger partial charge in [-0.3, -0.25) is 0 Å². The van der Waals surface area contributed by atoms with E-state index in [1.165, 1.54) is 0 Å². The Morgan fingerprint density at radius 2 is 2.57 bits per heavy atom. The quantitative estimate of drug-likeness (QED) is 0.764. The van der Waals surface area contributed by atoms with Crippen molar-refractivity contribution in [3.8, 4) is 0 Å². The lowest BCUT2D eigenvalue weighted by atomic mass is 9.96. The van der Waals surface area contributed by atoms with Crippen LogP contribution in [0.4, 0.5) is 0 Å². The van der Waals surface area contributed by atoms with Gasteiger partial charge in [-0.05, 0) is 19.8 Å². The first kappa shape index (κ1) is 9.68. The Morgan fingerprint density at radius 1 is 1.71 bits per heavy atom. The SMILES string of the molecule is CCn1ccnc1C1(O)CCCOC1. The van der Waals surface area contributed by atoms with Gasteiger partial charge in [-0.25, -0.2) is 4.98 Å². The molecule has 0 saturated carbocycles. The van der Waals surface area contributed by atoms with Crippen LogP contribution < -0.4 is 0 Å². The second-order valence-electron chi connectivity index (χ2n) is 3.72. The molecule has 0 aromatic carbocycles. The van der Waals surface area contributed by atoms with E-state index < -0.39 is 5.60 Å². The van der Waals surface area contributed by atoms with Crippen molar-refractivity contribution >= 4 is 0 Å². The molecule has 0 bridgehead atoms. The topological polar surface area (TPSA) is 47.3 Å². The molecule has 0 radical (unpaired) electrons. The molecule has 4 heteroatoms. The summed E-state index contributed by atoms with van der Waals surface area (Å²) in [5.41, 5.74) is -0.877. The Morgan fingerprint density at radius 3 is 3.21 bits per heavy atom. The zero-order chi connectivity index (χ0) is 10.0. The third-order valence-electron chi connectivity index (χ3n) is 2.69. The van der Waals surface area contributed by atoms with Crippen LogP contribution in [0, 0.1) is 0 Å². The smallest absolute Gasteiger partial charge is 0.145 e. The number of hydrogen-bond donors (Lipinski definition) is 1. The summed E-state index contributed by atoms with van der Waals surface area (Å²) in [4.78, 5) is 4.22. The fourth-order valence-electron chi connectivity index (χ4n) is 1.93. The molecule has 14 heavy (non-hydrogen) atoms. The summed E-state index contributed by atoms with van der Waals surface area (Å²) in [5.74, 6) is 0.736. The van der Waals surface area contributed by atoms with Gasteiger partial charge in [0.25, 0.3) is 0 Å². The van der Waals surface area contributed by atoms with E-state index in [4.69, 9.17) is 4.74 Å². The first-order chi connectivity index (χ1) is 6.76. The average Bonchev–Trinajstić information content (AvgIpc) is 2.67. The van der Waals surface area contributed by atoms with Gasteiger partial charge in [0.05, 0.1) is 6.61 Å². The number of ether oxygens (including phenoxy) is 1. The fourth-order valence-corrected chi connectivity index (χ4v) is 1.93. The lowest BCUT2D eigenvalue weighted by Gasteiger charge is -2.31. The van der Waals surface area contributed by atoms with Crippen molar-refractivity contribution in [3.05, 3.63) is 18.2 Å². The van der Waals surface area contributed by atoms with Gasteiger partial charge < -0.3 is 14.4 Å². The normalized spacial score (nSPS) is 27.9. The maximum atomic E-state index is 10.3. The van der Waals surface area contributed by atoms with E-state index in [1.54, 1.807) is 6.20 Å². The predicted octanol–water partition coefficient (Wildman–Crippen LogP) is 0.901. The van der Waals surface area contributed by atoms with Crippen LogP contribution in [0.5, 0.6) is 0 Å². The summed E-state index contributed by atoms with van der Waals surface area (Å²) in [5, 5.41) is 10.3. The van der Waals surface area contributed by atoms with E-state index in [1.807, 2.05) is 17.7 Å². The number of imidazole rings is 1. The zero-order valence-electron chi connectivity index (χ0n) is 8.44. The Labute approximate surface area is 83.5 Å². The molecule has 2 heterocycles. The second-order valence-corrected chi connectivity index (χ2v) is 3.72. The molecule has 1 fully saturated rings. The number of hydrogen-bond acceptors (Lipinski definition) is 3. The molecule has 0 amide bonds. The van der Waals surface area contributed by atoms with Gasteiger partial charge in [0.2, 0.25) is 0 Å². The van der Waals surface area contributed by atoms with E-state index in [2.05, 4.69) is 4.98 Å². The highest BCUT2D eigenvalue weighted by Gasteiger charge is 2.35. The molecule has 1 atom stereocenters. The molecule has 1 aliphatic heterocycles. The van der Waals surface area contributed by atoms with Gasteiger partial charge in [0, 0.05) is 25.5 Å². The molecule has 78 valence electrons. The van der Waals surface area contributed by atoms with E-state index in [0.717, 1.165) is 31.8 Å². The van der Waals surface area contributed by atoms with Crippen molar-refractivity contribution in [2.75, 3.05) is 13.2 Å². The molecule has 0 spiro atoms. The third-order valence-corrected chi connectivity index (χ3v) is 2.69. The highest BCUT2D eigenvalue weighted by Crippen LogP contribution is 2.28. The third kappa shape index (κ3) is 1.55. The van der Waals surface area contributed by atoms with Crippen LogP contribution in [0.2, 0.25) is 0 Å². The maximum Gasteiger partial charge on any atom is 0.145 e. The lowest BCUT2D eigenvalue weighted by molar-refractivity contribution is -0.0971. The first-order valence-corrected chi connectivity index (χ1v) is 5.08. The number of rotatable bonds is 2. The van der Waals surface area contributed by atoms with Crippen LogP contribution in [0.25, 0.3) is 0 Å². The summed E-state index contributed by atoms with van der Waals surface area (Å²) in [6.07, 6.45) is 5.25. The van der Waals surface area contributed by atoms with E-state index in [-0.39, 0.29) is 0 Å². The molecule has 1 aromatic rings. The molecule has 2 rings (SSSR count). The average molecular weight is 196 g/mol. The van der Waals surface area contributed by atoms with Gasteiger partial charge >= 0.3 is 0 Å². The summed E-state index contributed by atoms with van der Waals surface area (Å²) >= 11 is 0. The van der Waals surface area contributed by atoms with Gasteiger partial charge in [-0.1, -0.05) is 0 Å². The van der Waals surface area contributed by atoms with Crippen LogP contribution >= 0.6 is 0 Å². The lowest BCUT2D eigenvalue weighted by Crippen LogP contribution is -2.38. The fraction of sp³-hybridized carbons (Fsp3) is 0.700. The van der Waals surface area contributed by atoms with E-state index >= 15 is 0 Å². The Balaban J connectivity index is 2.27. The van der Waals surface area contributed by atoms with Crippen LogP contribution in [0.1, 0.15) is 25.6 Å². The summed E-state index contributed by atoms with van der Waals surface area (Å²) in [6, 6.07) is 0. The molecule has 0 aliphatic carbocycles. The number of aliphatic hydroxyl groups is 1. The van der Waals surface area contributed by atoms with Crippen LogP contribution in [0.15, 0.2) is 12.4 Å². The first-order valence-electron chi connectivity index (χ1n) is 5.08. The van der Waals surface area contributed by atoms with Crippen molar-refractivity contribution in [3.63, 3.8) is 0 Å². The molecule has 1 N–H and O–H groups in total. The minimum absolute atomic E-state index is 0.365. The predicted molar refractivity (Wildman–Crippen MR) is 51.9 cm³/mol. The molecule has 1 saturated heterocycles. The minimum atomic E-state index is -0.877. The van der Waals surface area contributed by atoms with Crippen molar-refractivity contribution in [2.45, 2.75) is 31.9 Å². The van der Waals surface area contributed by atoms with Crippen LogP contribution in [-0.2, 0) is 16.9 Å². The molecular weight excluding hydrogens is 180 g/mol. The zero-order valence-corrected chi connectivity index (χ0v) is 8.44. The summed E-state index contributed by atoms with van der Waals surface area (Å²) in [7, 11) is 0. The standard InChI is InChI=1S/C10H16N2O2/c1-2-12-6-5-11-9(12)10(13)4-3-7-14-8-10/h5-6,13H,2-4,7-8H2,1H3. The summed E-state index contributed by atoms with van der Waals surface area (Å²) in [6.45, 7) is 3.98. The monoisotopic (exact) mass is 196 g/mol. The van der Waals surface area contributed by atoms with Gasteiger partial charge in [-0.2, -0.15) is 0 Å². The van der Waals surface area contributed by atoms with E-state index in [0.29, 0.717) is 6.61 Å². The van der Waals surface area contributed by atoms with Crippen molar-refractivity contribution < 1.29 is 9.84 Å². The largest absolute Gasteiger partial charge is 0.379 e. The Kier molecular flexibility index (Phi) is 2.56. The van der Waals surface area contributed by atoms with Crippen LogP contribution in [0.3, 0.4) is 0 Å². The number of nitrogens with zero attached hydrogens (tertiary/aromatic N) is 2. The minimum Gasteiger partial charge on any atom is -0.379 e. The summed E-state index contributed by atoms with van der Waals surface area (Å²) < 4.78 is 7.27. The Bertz CT molecular complexity index is 303. The van der Waals surface area contributed by atoms with Gasteiger partial charge in [-0.15, -0.1) is 0 Å². The molecule has 1 unspecified atom stereocenters. The second kappa shape index (κ2) is 3.71. The molecular formula is C10H16N2O2. The molecule has 4 nitrogen and oxygen atoms in total. The highest BCUT2D eigenvalue weighted by molar-refractivity contribution is 5.06. The van der Waals surface area contributed by atoms with Gasteiger partial charge in [0.1, 0.15) is 11.4 Å². The molecule has 1 aliphatic rings. The Hall–Kier alpha value is -0.870. The maximum absolute atomic E-state index is 10.3. The van der Waals surface area contributed by atoms with Crippen molar-refractivity contribution in [1.82, 2.24) is 9.55 Å². The van der Waals surface area contributed by atoms with Crippen molar-refractivity contribution in [2.24, 2.45) is 0 Å². The number of aryl methyl sites for hydroxylation is 1. The molecule has 1 aromatic heterocycles. The number of aromatic nitrogens is 2. The van der Waals surface area contributed by atoms with Gasteiger partial charge in [0.15, 0.2) is 0 Å².